The Kier molecular flexibility index (Phi) is 5.71. The van der Waals surface area contributed by atoms with Crippen molar-refractivity contribution in [1.29, 1.82) is 0 Å². The molecule has 2 rings (SSSR count). The molecule has 1 N–H and O–H groups in total. The maximum atomic E-state index is 12.9. The lowest BCUT2D eigenvalue weighted by atomic mass is 10.1. The third-order valence-electron chi connectivity index (χ3n) is 3.79. The van der Waals surface area contributed by atoms with E-state index in [9.17, 15) is 4.39 Å². The van der Waals surface area contributed by atoms with Crippen LogP contribution in [0.25, 0.3) is 0 Å². The Labute approximate surface area is 120 Å². The quantitative estimate of drug-likeness (QED) is 0.845. The summed E-state index contributed by atoms with van der Waals surface area (Å²) in [5.74, 6) is 1.05. The van der Waals surface area contributed by atoms with Gasteiger partial charge < -0.3 is 5.32 Å². The highest BCUT2D eigenvalue weighted by atomic mass is 32.2. The van der Waals surface area contributed by atoms with E-state index in [0.29, 0.717) is 12.1 Å². The Morgan fingerprint density at radius 1 is 1.32 bits per heavy atom. The van der Waals surface area contributed by atoms with Gasteiger partial charge in [-0.25, -0.2) is 4.39 Å². The van der Waals surface area contributed by atoms with Gasteiger partial charge >= 0.3 is 0 Å². The summed E-state index contributed by atoms with van der Waals surface area (Å²) in [7, 11) is 0. The van der Waals surface area contributed by atoms with E-state index < -0.39 is 0 Å². The molecule has 0 amide bonds. The van der Waals surface area contributed by atoms with Gasteiger partial charge in [-0.05, 0) is 49.6 Å². The van der Waals surface area contributed by atoms with Crippen molar-refractivity contribution in [2.45, 2.75) is 56.9 Å². The summed E-state index contributed by atoms with van der Waals surface area (Å²) in [6.45, 7) is 4.47. The first-order chi connectivity index (χ1) is 9.19. The molecule has 0 heterocycles. The van der Waals surface area contributed by atoms with Crippen LogP contribution in [0.2, 0.25) is 0 Å². The van der Waals surface area contributed by atoms with E-state index in [1.165, 1.54) is 30.6 Å². The molecule has 0 radical (unpaired) electrons. The van der Waals surface area contributed by atoms with Crippen LogP contribution < -0.4 is 5.32 Å². The molecule has 1 nitrogen and oxygen atoms in total. The van der Waals surface area contributed by atoms with Crippen molar-refractivity contribution in [2.24, 2.45) is 0 Å². The fourth-order valence-corrected chi connectivity index (χ4v) is 4.14. The van der Waals surface area contributed by atoms with Crippen molar-refractivity contribution >= 4 is 11.8 Å². The summed E-state index contributed by atoms with van der Waals surface area (Å²) in [5, 5.41) is 4.54. The van der Waals surface area contributed by atoms with E-state index in [0.717, 1.165) is 11.7 Å². The highest BCUT2D eigenvalue weighted by Crippen LogP contribution is 2.30. The molecule has 19 heavy (non-hydrogen) atoms. The molecule has 3 unspecified atom stereocenters. The van der Waals surface area contributed by atoms with Gasteiger partial charge in [-0.15, -0.1) is 0 Å². The Balaban J connectivity index is 1.83. The van der Waals surface area contributed by atoms with Gasteiger partial charge in [0.1, 0.15) is 5.82 Å². The Hall–Kier alpha value is -0.540. The largest absolute Gasteiger partial charge is 0.310 e. The molecular formula is C16H24FNS. The second kappa shape index (κ2) is 7.30. The molecule has 3 atom stereocenters. The molecular weight excluding hydrogens is 257 g/mol. The zero-order valence-corrected chi connectivity index (χ0v) is 12.7. The van der Waals surface area contributed by atoms with Crippen LogP contribution in [0.4, 0.5) is 4.39 Å². The van der Waals surface area contributed by atoms with Crippen molar-refractivity contribution < 1.29 is 4.39 Å². The van der Waals surface area contributed by atoms with Crippen molar-refractivity contribution in [3.8, 4) is 0 Å². The Bertz CT molecular complexity index is 379. The fraction of sp³-hybridized carbons (Fsp3) is 0.625. The van der Waals surface area contributed by atoms with Crippen LogP contribution in [0.3, 0.4) is 0 Å². The van der Waals surface area contributed by atoms with Crippen molar-refractivity contribution in [3.63, 3.8) is 0 Å². The summed E-state index contributed by atoms with van der Waals surface area (Å²) in [6, 6.07) is 7.98. The number of benzene rings is 1. The molecule has 1 aliphatic rings. The number of thioether (sulfide) groups is 1. The lowest BCUT2D eigenvalue weighted by molar-refractivity contribution is 0.453. The fourth-order valence-electron chi connectivity index (χ4n) is 2.93. The van der Waals surface area contributed by atoms with Crippen molar-refractivity contribution in [3.05, 3.63) is 35.6 Å². The third kappa shape index (κ3) is 4.50. The molecule has 1 fully saturated rings. The standard InChI is InChI=1S/C16H24FNS/c1-3-19-16-6-4-5-15(16)18-12(2)11-13-7-9-14(17)10-8-13/h7-10,12,15-16,18H,3-6,11H2,1-2H3. The molecule has 1 saturated carbocycles. The normalized spacial score (nSPS) is 24.6. The molecule has 106 valence electrons. The minimum Gasteiger partial charge on any atom is -0.310 e. The highest BCUT2D eigenvalue weighted by Gasteiger charge is 2.27. The van der Waals surface area contributed by atoms with Crippen LogP contribution in [0.1, 0.15) is 38.7 Å². The maximum absolute atomic E-state index is 12.9. The molecule has 0 spiro atoms. The summed E-state index contributed by atoms with van der Waals surface area (Å²) >= 11 is 2.09. The van der Waals surface area contributed by atoms with E-state index in [1.54, 1.807) is 12.1 Å². The Morgan fingerprint density at radius 3 is 2.74 bits per heavy atom. The average Bonchev–Trinajstić information content (AvgIpc) is 2.80. The first kappa shape index (κ1) is 14.9. The van der Waals surface area contributed by atoms with Crippen LogP contribution in [0, 0.1) is 5.82 Å². The molecule has 0 aliphatic heterocycles. The van der Waals surface area contributed by atoms with Gasteiger partial charge in [0, 0.05) is 17.3 Å². The first-order valence-corrected chi connectivity index (χ1v) is 8.36. The number of hydrogen-bond acceptors (Lipinski definition) is 2. The summed E-state index contributed by atoms with van der Waals surface area (Å²) in [5.41, 5.74) is 1.21. The summed E-state index contributed by atoms with van der Waals surface area (Å²) in [6.07, 6.45) is 4.96. The molecule has 1 aliphatic carbocycles. The van der Waals surface area contributed by atoms with E-state index in [2.05, 4.69) is 30.9 Å². The topological polar surface area (TPSA) is 12.0 Å². The Morgan fingerprint density at radius 2 is 2.05 bits per heavy atom. The molecule has 0 saturated heterocycles. The van der Waals surface area contributed by atoms with Crippen LogP contribution >= 0.6 is 11.8 Å². The molecule has 3 heteroatoms. The van der Waals surface area contributed by atoms with Crippen LogP contribution in [0.5, 0.6) is 0 Å². The smallest absolute Gasteiger partial charge is 0.123 e. The average molecular weight is 281 g/mol. The van der Waals surface area contributed by atoms with Crippen molar-refractivity contribution in [1.82, 2.24) is 5.32 Å². The van der Waals surface area contributed by atoms with Gasteiger partial charge in [-0.1, -0.05) is 25.5 Å². The summed E-state index contributed by atoms with van der Waals surface area (Å²) < 4.78 is 12.9. The number of rotatable bonds is 6. The SMILES string of the molecule is CCSC1CCCC1NC(C)Cc1ccc(F)cc1. The second-order valence-corrected chi connectivity index (χ2v) is 6.95. The number of nitrogens with one attached hydrogen (secondary N) is 1. The highest BCUT2D eigenvalue weighted by molar-refractivity contribution is 7.99. The predicted octanol–water partition coefficient (Wildman–Crippen LogP) is 4.02. The molecule has 0 aromatic heterocycles. The van der Waals surface area contributed by atoms with E-state index in [1.807, 2.05) is 12.1 Å². The second-order valence-electron chi connectivity index (χ2n) is 5.43. The number of halogens is 1. The van der Waals surface area contributed by atoms with E-state index >= 15 is 0 Å². The van der Waals surface area contributed by atoms with Gasteiger partial charge in [-0.3, -0.25) is 0 Å². The monoisotopic (exact) mass is 281 g/mol. The number of hydrogen-bond donors (Lipinski definition) is 1. The first-order valence-electron chi connectivity index (χ1n) is 7.31. The predicted molar refractivity (Wildman–Crippen MR) is 82.3 cm³/mol. The van der Waals surface area contributed by atoms with Gasteiger partial charge in [0.05, 0.1) is 0 Å². The van der Waals surface area contributed by atoms with Gasteiger partial charge in [-0.2, -0.15) is 11.8 Å². The zero-order chi connectivity index (χ0) is 13.7. The lowest BCUT2D eigenvalue weighted by Crippen LogP contribution is -2.41. The molecule has 1 aromatic carbocycles. The van der Waals surface area contributed by atoms with Gasteiger partial charge in [0.15, 0.2) is 0 Å². The molecule has 1 aromatic rings. The van der Waals surface area contributed by atoms with Crippen LogP contribution in [0.15, 0.2) is 24.3 Å². The van der Waals surface area contributed by atoms with E-state index in [-0.39, 0.29) is 5.82 Å². The van der Waals surface area contributed by atoms with E-state index in [4.69, 9.17) is 0 Å². The van der Waals surface area contributed by atoms with Gasteiger partial charge in [0.2, 0.25) is 0 Å². The van der Waals surface area contributed by atoms with Crippen molar-refractivity contribution in [2.75, 3.05) is 5.75 Å². The zero-order valence-electron chi connectivity index (χ0n) is 11.9. The maximum Gasteiger partial charge on any atom is 0.123 e. The minimum absolute atomic E-state index is 0.153. The van der Waals surface area contributed by atoms with Crippen LogP contribution in [-0.4, -0.2) is 23.1 Å². The summed E-state index contributed by atoms with van der Waals surface area (Å²) in [4.78, 5) is 0. The van der Waals surface area contributed by atoms with Crippen LogP contribution in [-0.2, 0) is 6.42 Å². The third-order valence-corrected chi connectivity index (χ3v) is 5.11. The lowest BCUT2D eigenvalue weighted by Gasteiger charge is -2.24. The molecule has 0 bridgehead atoms. The van der Waals surface area contributed by atoms with Gasteiger partial charge in [0.25, 0.3) is 0 Å². The minimum atomic E-state index is -0.153.